The number of hydrogen-bond donors (Lipinski definition) is 1. The molecule has 198 valence electrons. The van der Waals surface area contributed by atoms with E-state index in [1.165, 1.54) is 12.1 Å². The van der Waals surface area contributed by atoms with E-state index in [2.05, 4.69) is 11.0 Å². The van der Waals surface area contributed by atoms with Crippen molar-refractivity contribution < 1.29 is 22.3 Å². The number of likely N-dealkylation sites (tertiary alicyclic amines) is 1. The van der Waals surface area contributed by atoms with Gasteiger partial charge in [-0.1, -0.05) is 23.2 Å². The third-order valence-corrected chi connectivity index (χ3v) is 8.03. The van der Waals surface area contributed by atoms with Crippen LogP contribution in [0.4, 0.5) is 4.39 Å². The van der Waals surface area contributed by atoms with E-state index in [1.807, 2.05) is 11.6 Å². The minimum atomic E-state index is -3.81. The summed E-state index contributed by atoms with van der Waals surface area (Å²) in [5.41, 5.74) is 1.67. The molecule has 1 saturated heterocycles. The van der Waals surface area contributed by atoms with E-state index in [0.29, 0.717) is 28.0 Å². The van der Waals surface area contributed by atoms with Gasteiger partial charge in [-0.25, -0.2) is 17.5 Å². The fourth-order valence-electron chi connectivity index (χ4n) is 4.76. The van der Waals surface area contributed by atoms with Gasteiger partial charge < -0.3 is 4.74 Å². The van der Waals surface area contributed by atoms with E-state index < -0.39 is 21.7 Å². The summed E-state index contributed by atoms with van der Waals surface area (Å²) in [6, 6.07) is 8.12. The molecule has 1 N–H and O–H groups in total. The van der Waals surface area contributed by atoms with Crippen LogP contribution in [0.15, 0.2) is 24.3 Å². The molecule has 0 aromatic heterocycles. The van der Waals surface area contributed by atoms with Crippen molar-refractivity contribution in [3.05, 3.63) is 62.4 Å². The van der Waals surface area contributed by atoms with E-state index >= 15 is 0 Å². The molecule has 37 heavy (non-hydrogen) atoms. The summed E-state index contributed by atoms with van der Waals surface area (Å²) in [6.45, 7) is 4.02. The van der Waals surface area contributed by atoms with Crippen LogP contribution in [0, 0.1) is 23.1 Å². The molecule has 0 bridgehead atoms. The molecule has 1 heterocycles. The van der Waals surface area contributed by atoms with E-state index in [4.69, 9.17) is 27.9 Å². The first-order chi connectivity index (χ1) is 17.5. The number of carbonyl (C=O) groups excluding carboxylic acids is 1. The summed E-state index contributed by atoms with van der Waals surface area (Å²) < 4.78 is 45.4. The van der Waals surface area contributed by atoms with Gasteiger partial charge in [-0.05, 0) is 86.9 Å². The summed E-state index contributed by atoms with van der Waals surface area (Å²) in [6.07, 6.45) is 4.38. The number of carbonyl (C=O) groups is 1. The molecule has 0 unspecified atom stereocenters. The van der Waals surface area contributed by atoms with Gasteiger partial charge in [-0.15, -0.1) is 0 Å². The number of nitrogens with one attached hydrogen (secondary N) is 1. The van der Waals surface area contributed by atoms with Crippen molar-refractivity contribution in [2.24, 2.45) is 5.92 Å². The quantitative estimate of drug-likeness (QED) is 0.457. The maximum Gasteiger partial charge on any atom is 0.267 e. The highest BCUT2D eigenvalue weighted by Crippen LogP contribution is 2.45. The van der Waals surface area contributed by atoms with Crippen molar-refractivity contribution in [2.45, 2.75) is 44.6 Å². The van der Waals surface area contributed by atoms with Gasteiger partial charge in [0.05, 0.1) is 29.0 Å². The number of amides is 1. The molecule has 2 fully saturated rings. The molecule has 4 rings (SSSR count). The van der Waals surface area contributed by atoms with Crippen molar-refractivity contribution >= 4 is 39.1 Å². The Kier molecular flexibility index (Phi) is 8.34. The SMILES string of the molecule is C[C@@H](c1cc(Cl)cc(Cl)c1C#N)N1CCC(COc2cc(F)c(C(=O)NS(C)(=O)=O)cc2C2CC2)CC1. The van der Waals surface area contributed by atoms with Crippen LogP contribution in [-0.4, -0.2) is 45.2 Å². The summed E-state index contributed by atoms with van der Waals surface area (Å²) in [5.74, 6) is -0.987. The highest BCUT2D eigenvalue weighted by Gasteiger charge is 2.31. The molecular weight excluding hydrogens is 540 g/mol. The van der Waals surface area contributed by atoms with Crippen molar-refractivity contribution in [3.63, 3.8) is 0 Å². The molecule has 0 radical (unpaired) electrons. The summed E-state index contributed by atoms with van der Waals surface area (Å²) in [4.78, 5) is 14.5. The third-order valence-electron chi connectivity index (χ3n) is 6.96. The van der Waals surface area contributed by atoms with E-state index in [1.54, 1.807) is 12.1 Å². The van der Waals surface area contributed by atoms with Gasteiger partial charge in [0.15, 0.2) is 0 Å². The predicted molar refractivity (Wildman–Crippen MR) is 140 cm³/mol. The maximum absolute atomic E-state index is 14.7. The van der Waals surface area contributed by atoms with Crippen LogP contribution in [0.25, 0.3) is 0 Å². The Balaban J connectivity index is 1.40. The zero-order valence-electron chi connectivity index (χ0n) is 20.6. The second kappa shape index (κ2) is 11.2. The number of nitrogens with zero attached hydrogens (tertiary/aromatic N) is 2. The fraction of sp³-hybridized carbons (Fsp3) is 0.462. The Morgan fingerprint density at radius 1 is 1.22 bits per heavy atom. The van der Waals surface area contributed by atoms with Gasteiger partial charge in [0.1, 0.15) is 17.6 Å². The normalized spacial score (nSPS) is 17.7. The Morgan fingerprint density at radius 3 is 2.49 bits per heavy atom. The molecule has 11 heteroatoms. The van der Waals surface area contributed by atoms with E-state index in [0.717, 1.165) is 56.2 Å². The predicted octanol–water partition coefficient (Wildman–Crippen LogP) is 5.42. The van der Waals surface area contributed by atoms with Crippen molar-refractivity contribution in [2.75, 3.05) is 26.0 Å². The zero-order valence-corrected chi connectivity index (χ0v) is 22.9. The standard InChI is InChI=1S/C26H28Cl2FN3O4S/c1-15(19-9-18(27)10-23(28)22(19)13-30)32-7-5-16(6-8-32)14-36-25-12-24(29)21(11-20(25)17-3-4-17)26(33)31-37(2,34)35/h9-12,15-17H,3-8,14H2,1-2H3,(H,31,33)/t15-/m0/s1. The molecule has 1 amide bonds. The number of halogens is 3. The van der Waals surface area contributed by atoms with Gasteiger partial charge in [0.25, 0.3) is 5.91 Å². The molecular formula is C26H28Cl2FN3O4S. The first kappa shape index (κ1) is 27.6. The van der Waals surface area contributed by atoms with Crippen LogP contribution in [0.3, 0.4) is 0 Å². The summed E-state index contributed by atoms with van der Waals surface area (Å²) >= 11 is 12.4. The average Bonchev–Trinajstić information content (AvgIpc) is 3.66. The van der Waals surface area contributed by atoms with Crippen LogP contribution < -0.4 is 9.46 Å². The summed E-state index contributed by atoms with van der Waals surface area (Å²) in [5, 5.41) is 10.4. The number of piperidine rings is 1. The topological polar surface area (TPSA) is 99.5 Å². The van der Waals surface area contributed by atoms with Crippen molar-refractivity contribution in [1.82, 2.24) is 9.62 Å². The Labute approximate surface area is 226 Å². The van der Waals surface area contributed by atoms with Crippen molar-refractivity contribution in [1.29, 1.82) is 5.26 Å². The van der Waals surface area contributed by atoms with Gasteiger partial charge in [-0.2, -0.15) is 5.26 Å². The van der Waals surface area contributed by atoms with Gasteiger partial charge in [-0.3, -0.25) is 9.69 Å². The Hall–Kier alpha value is -2.38. The minimum absolute atomic E-state index is 0.0334. The number of ether oxygens (including phenoxy) is 1. The average molecular weight is 568 g/mol. The van der Waals surface area contributed by atoms with Gasteiger partial charge >= 0.3 is 0 Å². The monoisotopic (exact) mass is 567 g/mol. The highest BCUT2D eigenvalue weighted by molar-refractivity contribution is 7.89. The Bertz CT molecular complexity index is 1350. The molecule has 2 aromatic carbocycles. The van der Waals surface area contributed by atoms with Crippen LogP contribution in [0.1, 0.15) is 71.6 Å². The Morgan fingerprint density at radius 2 is 1.89 bits per heavy atom. The van der Waals surface area contributed by atoms with Gasteiger partial charge in [0, 0.05) is 17.1 Å². The molecule has 1 saturated carbocycles. The molecule has 7 nitrogen and oxygen atoms in total. The number of nitriles is 1. The van der Waals surface area contributed by atoms with Crippen LogP contribution in [0.5, 0.6) is 5.75 Å². The lowest BCUT2D eigenvalue weighted by molar-refractivity contribution is 0.0977. The van der Waals surface area contributed by atoms with Gasteiger partial charge in [0.2, 0.25) is 10.0 Å². The lowest BCUT2D eigenvalue weighted by Gasteiger charge is -2.36. The molecule has 1 atom stereocenters. The number of hydrogen-bond acceptors (Lipinski definition) is 6. The fourth-order valence-corrected chi connectivity index (χ4v) is 5.76. The minimum Gasteiger partial charge on any atom is -0.493 e. The molecule has 0 spiro atoms. The smallest absolute Gasteiger partial charge is 0.267 e. The van der Waals surface area contributed by atoms with Crippen LogP contribution >= 0.6 is 23.2 Å². The maximum atomic E-state index is 14.7. The van der Waals surface area contributed by atoms with E-state index in [-0.39, 0.29) is 23.4 Å². The summed E-state index contributed by atoms with van der Waals surface area (Å²) in [7, 11) is -3.81. The van der Waals surface area contributed by atoms with Crippen molar-refractivity contribution in [3.8, 4) is 11.8 Å². The molecule has 1 aliphatic heterocycles. The second-order valence-electron chi connectivity index (χ2n) is 9.78. The van der Waals surface area contributed by atoms with Crippen LogP contribution in [-0.2, 0) is 10.0 Å². The largest absolute Gasteiger partial charge is 0.493 e. The van der Waals surface area contributed by atoms with Crippen LogP contribution in [0.2, 0.25) is 10.0 Å². The van der Waals surface area contributed by atoms with E-state index in [9.17, 15) is 22.9 Å². The number of benzene rings is 2. The molecule has 2 aromatic rings. The highest BCUT2D eigenvalue weighted by atomic mass is 35.5. The third kappa shape index (κ3) is 6.74. The first-order valence-electron chi connectivity index (χ1n) is 12.1. The lowest BCUT2D eigenvalue weighted by Crippen LogP contribution is -2.37. The number of sulfonamides is 1. The zero-order chi connectivity index (χ0) is 26.9. The first-order valence-corrected chi connectivity index (χ1v) is 14.7. The molecule has 2 aliphatic rings. The lowest BCUT2D eigenvalue weighted by atomic mass is 9.94. The second-order valence-corrected chi connectivity index (χ2v) is 12.4. The number of rotatable bonds is 8. The molecule has 1 aliphatic carbocycles.